The summed E-state index contributed by atoms with van der Waals surface area (Å²) in [4.78, 5) is 0. The SMILES string of the molecule is CCn1nc(CC2CCCC(N)C2)c2ccccc21. The molecular formula is C16H23N3. The molecule has 0 saturated heterocycles. The van der Waals surface area contributed by atoms with E-state index in [2.05, 4.69) is 35.9 Å². The van der Waals surface area contributed by atoms with E-state index in [-0.39, 0.29) is 0 Å². The lowest BCUT2D eigenvalue weighted by Gasteiger charge is -2.25. The molecule has 1 saturated carbocycles. The van der Waals surface area contributed by atoms with Crippen LogP contribution >= 0.6 is 0 Å². The molecule has 0 radical (unpaired) electrons. The maximum absolute atomic E-state index is 6.10. The lowest BCUT2D eigenvalue weighted by atomic mass is 9.83. The molecular weight excluding hydrogens is 234 g/mol. The van der Waals surface area contributed by atoms with Crippen molar-refractivity contribution in [3.63, 3.8) is 0 Å². The molecule has 2 atom stereocenters. The Bertz CT molecular complexity index is 558. The standard InChI is InChI=1S/C16H23N3/c1-2-19-16-9-4-3-8-14(16)15(18-19)11-12-6-5-7-13(17)10-12/h3-4,8-9,12-13H,2,5-7,10-11,17H2,1H3. The quantitative estimate of drug-likeness (QED) is 0.918. The highest BCUT2D eigenvalue weighted by atomic mass is 15.3. The van der Waals surface area contributed by atoms with Crippen LogP contribution in [0.3, 0.4) is 0 Å². The summed E-state index contributed by atoms with van der Waals surface area (Å²) in [6.45, 7) is 3.09. The Morgan fingerprint density at radius 3 is 2.95 bits per heavy atom. The molecule has 1 aromatic carbocycles. The second-order valence-electron chi connectivity index (χ2n) is 5.78. The number of nitrogens with two attached hydrogens (primary N) is 1. The molecule has 102 valence electrons. The second-order valence-corrected chi connectivity index (χ2v) is 5.78. The van der Waals surface area contributed by atoms with Crippen LogP contribution in [-0.2, 0) is 13.0 Å². The van der Waals surface area contributed by atoms with Gasteiger partial charge in [-0.1, -0.05) is 24.6 Å². The number of hydrogen-bond acceptors (Lipinski definition) is 2. The maximum atomic E-state index is 6.10. The van der Waals surface area contributed by atoms with Gasteiger partial charge < -0.3 is 5.73 Å². The predicted molar refractivity (Wildman–Crippen MR) is 79.0 cm³/mol. The molecule has 3 rings (SSSR count). The van der Waals surface area contributed by atoms with Crippen LogP contribution in [0.25, 0.3) is 10.9 Å². The molecule has 0 bridgehead atoms. The van der Waals surface area contributed by atoms with Crippen molar-refractivity contribution in [2.24, 2.45) is 11.7 Å². The number of benzene rings is 1. The van der Waals surface area contributed by atoms with E-state index in [1.807, 2.05) is 0 Å². The van der Waals surface area contributed by atoms with E-state index in [1.165, 1.54) is 35.9 Å². The molecule has 2 aromatic rings. The third-order valence-electron chi connectivity index (χ3n) is 4.34. The van der Waals surface area contributed by atoms with Crippen LogP contribution in [0.15, 0.2) is 24.3 Å². The van der Waals surface area contributed by atoms with Crippen LogP contribution in [-0.4, -0.2) is 15.8 Å². The molecule has 2 N–H and O–H groups in total. The number of rotatable bonds is 3. The molecule has 19 heavy (non-hydrogen) atoms. The first kappa shape index (κ1) is 12.7. The van der Waals surface area contributed by atoms with Gasteiger partial charge in [0.05, 0.1) is 11.2 Å². The molecule has 0 aliphatic heterocycles. The van der Waals surface area contributed by atoms with Crippen molar-refractivity contribution in [3.8, 4) is 0 Å². The molecule has 1 aliphatic rings. The highest BCUT2D eigenvalue weighted by Crippen LogP contribution is 2.28. The normalized spacial score (nSPS) is 23.9. The minimum atomic E-state index is 0.401. The fourth-order valence-corrected chi connectivity index (χ4v) is 3.38. The highest BCUT2D eigenvalue weighted by Gasteiger charge is 2.21. The summed E-state index contributed by atoms with van der Waals surface area (Å²) >= 11 is 0. The summed E-state index contributed by atoms with van der Waals surface area (Å²) in [5, 5.41) is 6.13. The van der Waals surface area contributed by atoms with E-state index in [0.29, 0.717) is 12.0 Å². The first-order valence-electron chi connectivity index (χ1n) is 7.48. The highest BCUT2D eigenvalue weighted by molar-refractivity contribution is 5.81. The summed E-state index contributed by atoms with van der Waals surface area (Å²) in [7, 11) is 0. The van der Waals surface area contributed by atoms with Gasteiger partial charge in [-0.2, -0.15) is 5.10 Å². The second kappa shape index (κ2) is 5.33. The molecule has 0 amide bonds. The zero-order valence-electron chi connectivity index (χ0n) is 11.7. The van der Waals surface area contributed by atoms with Gasteiger partial charge >= 0.3 is 0 Å². The van der Waals surface area contributed by atoms with Crippen molar-refractivity contribution in [3.05, 3.63) is 30.0 Å². The van der Waals surface area contributed by atoms with Crippen LogP contribution < -0.4 is 5.73 Å². The number of aromatic nitrogens is 2. The maximum Gasteiger partial charge on any atom is 0.0706 e. The molecule has 1 fully saturated rings. The van der Waals surface area contributed by atoms with Crippen molar-refractivity contribution in [1.29, 1.82) is 0 Å². The Balaban J connectivity index is 1.88. The lowest BCUT2D eigenvalue weighted by molar-refractivity contribution is 0.319. The Morgan fingerprint density at radius 2 is 2.16 bits per heavy atom. The molecule has 0 spiro atoms. The minimum absolute atomic E-state index is 0.401. The van der Waals surface area contributed by atoms with Crippen LogP contribution in [0.4, 0.5) is 0 Å². The monoisotopic (exact) mass is 257 g/mol. The molecule has 3 heteroatoms. The third-order valence-corrected chi connectivity index (χ3v) is 4.34. The fraction of sp³-hybridized carbons (Fsp3) is 0.562. The Labute approximate surface area is 114 Å². The van der Waals surface area contributed by atoms with Crippen molar-refractivity contribution < 1.29 is 0 Å². The molecule has 2 unspecified atom stereocenters. The van der Waals surface area contributed by atoms with Crippen LogP contribution in [0.1, 0.15) is 38.3 Å². The van der Waals surface area contributed by atoms with E-state index in [9.17, 15) is 0 Å². The topological polar surface area (TPSA) is 43.8 Å². The number of fused-ring (bicyclic) bond motifs is 1. The minimum Gasteiger partial charge on any atom is -0.328 e. The smallest absolute Gasteiger partial charge is 0.0706 e. The first-order chi connectivity index (χ1) is 9.28. The Morgan fingerprint density at radius 1 is 1.32 bits per heavy atom. The predicted octanol–water partition coefficient (Wildman–Crippen LogP) is 3.12. The van der Waals surface area contributed by atoms with Crippen LogP contribution in [0.5, 0.6) is 0 Å². The van der Waals surface area contributed by atoms with E-state index in [4.69, 9.17) is 10.8 Å². The van der Waals surface area contributed by atoms with Crippen molar-refractivity contribution >= 4 is 10.9 Å². The van der Waals surface area contributed by atoms with Crippen molar-refractivity contribution in [2.45, 2.75) is 51.6 Å². The summed E-state index contributed by atoms with van der Waals surface area (Å²) in [6.07, 6.45) is 6.02. The number of nitrogens with zero attached hydrogens (tertiary/aromatic N) is 2. The van der Waals surface area contributed by atoms with Gasteiger partial charge in [0.1, 0.15) is 0 Å². The van der Waals surface area contributed by atoms with E-state index in [1.54, 1.807) is 0 Å². The van der Waals surface area contributed by atoms with Gasteiger partial charge in [0.25, 0.3) is 0 Å². The average Bonchev–Trinajstić information content (AvgIpc) is 2.77. The molecule has 1 aromatic heterocycles. The largest absolute Gasteiger partial charge is 0.328 e. The summed E-state index contributed by atoms with van der Waals surface area (Å²) < 4.78 is 2.12. The first-order valence-corrected chi connectivity index (χ1v) is 7.48. The number of para-hydroxylation sites is 1. The summed E-state index contributed by atoms with van der Waals surface area (Å²) in [6, 6.07) is 8.98. The van der Waals surface area contributed by atoms with E-state index >= 15 is 0 Å². The number of aryl methyl sites for hydroxylation is 1. The van der Waals surface area contributed by atoms with Crippen LogP contribution in [0, 0.1) is 5.92 Å². The zero-order valence-corrected chi connectivity index (χ0v) is 11.7. The van der Waals surface area contributed by atoms with Gasteiger partial charge in [0.2, 0.25) is 0 Å². The fourth-order valence-electron chi connectivity index (χ4n) is 3.38. The summed E-state index contributed by atoms with van der Waals surface area (Å²) in [5.41, 5.74) is 8.62. The van der Waals surface area contributed by atoms with Crippen LogP contribution in [0.2, 0.25) is 0 Å². The van der Waals surface area contributed by atoms with Gasteiger partial charge in [-0.05, 0) is 44.6 Å². The van der Waals surface area contributed by atoms with Crippen molar-refractivity contribution in [2.75, 3.05) is 0 Å². The number of hydrogen-bond donors (Lipinski definition) is 1. The summed E-state index contributed by atoms with van der Waals surface area (Å²) in [5.74, 6) is 0.715. The van der Waals surface area contributed by atoms with Gasteiger partial charge in [-0.15, -0.1) is 0 Å². The van der Waals surface area contributed by atoms with Gasteiger partial charge in [0.15, 0.2) is 0 Å². The molecule has 1 heterocycles. The third kappa shape index (κ3) is 2.52. The molecule has 3 nitrogen and oxygen atoms in total. The average molecular weight is 257 g/mol. The van der Waals surface area contributed by atoms with Crippen molar-refractivity contribution in [1.82, 2.24) is 9.78 Å². The molecule has 1 aliphatic carbocycles. The van der Waals surface area contributed by atoms with Gasteiger partial charge in [-0.25, -0.2) is 0 Å². The Kier molecular flexibility index (Phi) is 3.56. The van der Waals surface area contributed by atoms with E-state index < -0.39 is 0 Å². The van der Waals surface area contributed by atoms with E-state index in [0.717, 1.165) is 19.4 Å². The zero-order chi connectivity index (χ0) is 13.2. The lowest BCUT2D eigenvalue weighted by Crippen LogP contribution is -2.28. The Hall–Kier alpha value is -1.35. The van der Waals surface area contributed by atoms with Gasteiger partial charge in [-0.3, -0.25) is 4.68 Å². The van der Waals surface area contributed by atoms with Gasteiger partial charge in [0, 0.05) is 18.0 Å².